The van der Waals surface area contributed by atoms with E-state index in [-0.39, 0.29) is 11.5 Å². The first-order valence-corrected chi connectivity index (χ1v) is 4.75. The Morgan fingerprint density at radius 3 is 2.81 bits per heavy atom. The highest BCUT2D eigenvalue weighted by molar-refractivity contribution is 5.72. The van der Waals surface area contributed by atoms with Gasteiger partial charge in [-0.1, -0.05) is 12.1 Å². The summed E-state index contributed by atoms with van der Waals surface area (Å²) in [5.41, 5.74) is 1.41. The summed E-state index contributed by atoms with van der Waals surface area (Å²) in [6.07, 6.45) is 2.11. The molecule has 1 heterocycles. The van der Waals surface area contributed by atoms with E-state index in [2.05, 4.69) is 9.97 Å². The van der Waals surface area contributed by atoms with Gasteiger partial charge in [0.15, 0.2) is 12.1 Å². The summed E-state index contributed by atoms with van der Waals surface area (Å²) in [6, 6.07) is 6.24. The molecule has 3 nitrogen and oxygen atoms in total. The molecule has 1 aromatic carbocycles. The highest BCUT2D eigenvalue weighted by Crippen LogP contribution is 2.17. The number of aryl methyl sites for hydroxylation is 1. The van der Waals surface area contributed by atoms with Crippen LogP contribution in [-0.4, -0.2) is 16.3 Å². The molecule has 0 aliphatic heterocycles. The van der Waals surface area contributed by atoms with Gasteiger partial charge in [0, 0.05) is 11.8 Å². The van der Waals surface area contributed by atoms with Crippen LogP contribution in [0.4, 0.5) is 4.39 Å². The zero-order valence-electron chi connectivity index (χ0n) is 8.64. The molecule has 0 saturated heterocycles. The smallest absolute Gasteiger partial charge is 0.168 e. The fourth-order valence-corrected chi connectivity index (χ4v) is 1.31. The molecule has 16 heavy (non-hydrogen) atoms. The lowest BCUT2D eigenvalue weighted by Crippen LogP contribution is -1.94. The monoisotopic (exact) mass is 216 g/mol. The molecule has 2 rings (SSSR count). The molecule has 80 valence electrons. The SMILES string of the molecule is Cc1ccc(-c2nccc(C=O)n2)cc1F. The molecule has 0 radical (unpaired) electrons. The van der Waals surface area contributed by atoms with Crippen molar-refractivity contribution in [2.45, 2.75) is 6.92 Å². The lowest BCUT2D eigenvalue weighted by molar-refractivity contribution is 0.111. The highest BCUT2D eigenvalue weighted by Gasteiger charge is 2.05. The average Bonchev–Trinajstić information content (AvgIpc) is 2.33. The lowest BCUT2D eigenvalue weighted by atomic mass is 10.1. The Morgan fingerprint density at radius 2 is 2.12 bits per heavy atom. The normalized spacial score (nSPS) is 10.1. The molecule has 0 amide bonds. The molecule has 0 bridgehead atoms. The summed E-state index contributed by atoms with van der Waals surface area (Å²) < 4.78 is 13.3. The predicted octanol–water partition coefficient (Wildman–Crippen LogP) is 2.40. The van der Waals surface area contributed by atoms with Crippen LogP contribution in [0.1, 0.15) is 16.1 Å². The van der Waals surface area contributed by atoms with Crippen LogP contribution in [-0.2, 0) is 0 Å². The van der Waals surface area contributed by atoms with Gasteiger partial charge in [-0.2, -0.15) is 0 Å². The molecule has 1 aromatic heterocycles. The molecule has 0 aliphatic carbocycles. The maximum absolute atomic E-state index is 13.3. The van der Waals surface area contributed by atoms with E-state index in [4.69, 9.17) is 0 Å². The number of aldehydes is 1. The molecular formula is C12H9FN2O. The Morgan fingerprint density at radius 1 is 1.31 bits per heavy atom. The molecule has 0 N–H and O–H groups in total. The van der Waals surface area contributed by atoms with E-state index < -0.39 is 0 Å². The van der Waals surface area contributed by atoms with Crippen LogP contribution in [0.3, 0.4) is 0 Å². The maximum Gasteiger partial charge on any atom is 0.168 e. The molecule has 0 spiro atoms. The Kier molecular flexibility index (Phi) is 2.72. The third-order valence-electron chi connectivity index (χ3n) is 2.23. The molecule has 4 heteroatoms. The van der Waals surface area contributed by atoms with Gasteiger partial charge in [-0.3, -0.25) is 4.79 Å². The van der Waals surface area contributed by atoms with Crippen molar-refractivity contribution in [3.63, 3.8) is 0 Å². The first-order valence-electron chi connectivity index (χ1n) is 4.75. The number of nitrogens with zero attached hydrogens (tertiary/aromatic N) is 2. The zero-order chi connectivity index (χ0) is 11.5. The second-order valence-corrected chi connectivity index (χ2v) is 3.39. The van der Waals surface area contributed by atoms with Crippen molar-refractivity contribution in [2.24, 2.45) is 0 Å². The van der Waals surface area contributed by atoms with Crippen LogP contribution in [0.25, 0.3) is 11.4 Å². The largest absolute Gasteiger partial charge is 0.296 e. The van der Waals surface area contributed by atoms with Gasteiger partial charge in [-0.15, -0.1) is 0 Å². The third kappa shape index (κ3) is 1.95. The van der Waals surface area contributed by atoms with Crippen molar-refractivity contribution in [3.05, 3.63) is 47.5 Å². The van der Waals surface area contributed by atoms with Crippen molar-refractivity contribution in [3.8, 4) is 11.4 Å². The van der Waals surface area contributed by atoms with Crippen LogP contribution in [0.2, 0.25) is 0 Å². The molecule has 0 unspecified atom stereocenters. The molecule has 0 atom stereocenters. The van der Waals surface area contributed by atoms with Gasteiger partial charge in [0.25, 0.3) is 0 Å². The van der Waals surface area contributed by atoms with E-state index in [1.165, 1.54) is 18.3 Å². The summed E-state index contributed by atoms with van der Waals surface area (Å²) in [5, 5.41) is 0. The van der Waals surface area contributed by atoms with Gasteiger partial charge in [0.05, 0.1) is 0 Å². The van der Waals surface area contributed by atoms with Crippen LogP contribution < -0.4 is 0 Å². The van der Waals surface area contributed by atoms with E-state index >= 15 is 0 Å². The van der Waals surface area contributed by atoms with Crippen LogP contribution in [0, 0.1) is 12.7 Å². The van der Waals surface area contributed by atoms with E-state index in [1.807, 2.05) is 0 Å². The lowest BCUT2D eigenvalue weighted by Gasteiger charge is -2.02. The first kappa shape index (κ1) is 10.4. The standard InChI is InChI=1S/C12H9FN2O/c1-8-2-3-9(6-11(8)13)12-14-5-4-10(7-16)15-12/h2-7H,1H3. The predicted molar refractivity (Wildman–Crippen MR) is 57.6 cm³/mol. The van der Waals surface area contributed by atoms with Crippen molar-refractivity contribution in [1.82, 2.24) is 9.97 Å². The molecule has 0 aliphatic rings. The number of aromatic nitrogens is 2. The van der Waals surface area contributed by atoms with Gasteiger partial charge in [-0.05, 0) is 24.6 Å². The topological polar surface area (TPSA) is 42.9 Å². The summed E-state index contributed by atoms with van der Waals surface area (Å²) >= 11 is 0. The maximum atomic E-state index is 13.3. The van der Waals surface area contributed by atoms with Gasteiger partial charge < -0.3 is 0 Å². The van der Waals surface area contributed by atoms with Crippen LogP contribution in [0.5, 0.6) is 0 Å². The fourth-order valence-electron chi connectivity index (χ4n) is 1.31. The quantitative estimate of drug-likeness (QED) is 0.724. The Balaban J connectivity index is 2.49. The van der Waals surface area contributed by atoms with E-state index in [9.17, 15) is 9.18 Å². The summed E-state index contributed by atoms with van der Waals surface area (Å²) in [5.74, 6) is 0.0427. The Hall–Kier alpha value is -2.10. The zero-order valence-corrected chi connectivity index (χ0v) is 8.64. The molecular weight excluding hydrogens is 207 g/mol. The minimum absolute atomic E-state index is 0.283. The number of carbonyl (C=O) groups excluding carboxylic acids is 1. The minimum Gasteiger partial charge on any atom is -0.296 e. The van der Waals surface area contributed by atoms with Crippen molar-refractivity contribution in [1.29, 1.82) is 0 Å². The van der Waals surface area contributed by atoms with Gasteiger partial charge in [0.1, 0.15) is 11.5 Å². The van der Waals surface area contributed by atoms with Crippen molar-refractivity contribution < 1.29 is 9.18 Å². The molecule has 0 fully saturated rings. The number of halogens is 1. The fraction of sp³-hybridized carbons (Fsp3) is 0.0833. The first-order chi connectivity index (χ1) is 7.70. The number of hydrogen-bond acceptors (Lipinski definition) is 3. The van der Waals surface area contributed by atoms with E-state index in [1.54, 1.807) is 19.1 Å². The van der Waals surface area contributed by atoms with Crippen molar-refractivity contribution in [2.75, 3.05) is 0 Å². The second-order valence-electron chi connectivity index (χ2n) is 3.39. The average molecular weight is 216 g/mol. The number of carbonyl (C=O) groups is 1. The van der Waals surface area contributed by atoms with Gasteiger partial charge >= 0.3 is 0 Å². The summed E-state index contributed by atoms with van der Waals surface area (Å²) in [7, 11) is 0. The van der Waals surface area contributed by atoms with Gasteiger partial charge in [-0.25, -0.2) is 14.4 Å². The van der Waals surface area contributed by atoms with Crippen LogP contribution in [0.15, 0.2) is 30.5 Å². The molecule has 0 saturated carbocycles. The van der Waals surface area contributed by atoms with Crippen LogP contribution >= 0.6 is 0 Å². The summed E-state index contributed by atoms with van der Waals surface area (Å²) in [4.78, 5) is 18.5. The third-order valence-corrected chi connectivity index (χ3v) is 2.23. The Bertz CT molecular complexity index is 540. The van der Waals surface area contributed by atoms with Crippen molar-refractivity contribution >= 4 is 6.29 Å². The van der Waals surface area contributed by atoms with Gasteiger partial charge in [0.2, 0.25) is 0 Å². The number of hydrogen-bond donors (Lipinski definition) is 0. The number of benzene rings is 1. The highest BCUT2D eigenvalue weighted by atomic mass is 19.1. The van der Waals surface area contributed by atoms with E-state index in [0.29, 0.717) is 23.2 Å². The minimum atomic E-state index is -0.308. The number of rotatable bonds is 2. The Labute approximate surface area is 92.0 Å². The summed E-state index contributed by atoms with van der Waals surface area (Å²) in [6.45, 7) is 1.68. The van der Waals surface area contributed by atoms with E-state index in [0.717, 1.165) is 0 Å². The molecule has 2 aromatic rings. The second kappa shape index (κ2) is 4.18.